The second-order valence-corrected chi connectivity index (χ2v) is 8.58. The minimum atomic E-state index is -0.304. The van der Waals surface area contributed by atoms with Gasteiger partial charge in [-0.3, -0.25) is 19.3 Å². The third kappa shape index (κ3) is 4.74. The minimum absolute atomic E-state index is 0.0530. The molecule has 1 atom stereocenters. The van der Waals surface area contributed by atoms with Crippen molar-refractivity contribution in [2.45, 2.75) is 12.5 Å². The van der Waals surface area contributed by atoms with Gasteiger partial charge >= 0.3 is 0 Å². The highest BCUT2D eigenvalue weighted by molar-refractivity contribution is 6.00. The van der Waals surface area contributed by atoms with E-state index in [4.69, 9.17) is 5.73 Å². The first-order chi connectivity index (χ1) is 17.0. The molecule has 4 aromatic rings. The van der Waals surface area contributed by atoms with Crippen molar-refractivity contribution in [2.75, 3.05) is 18.8 Å². The lowest BCUT2D eigenvalue weighted by molar-refractivity contribution is 0.0783. The summed E-state index contributed by atoms with van der Waals surface area (Å²) in [5, 5.41) is 7.17. The summed E-state index contributed by atoms with van der Waals surface area (Å²) in [7, 11) is 1.82. The second-order valence-electron chi connectivity index (χ2n) is 8.58. The molecule has 9 nitrogen and oxygen atoms in total. The van der Waals surface area contributed by atoms with Crippen LogP contribution in [0.1, 0.15) is 27.1 Å². The van der Waals surface area contributed by atoms with E-state index in [-0.39, 0.29) is 23.7 Å². The molecule has 1 aliphatic heterocycles. The Balaban J connectivity index is 1.23. The fourth-order valence-electron chi connectivity index (χ4n) is 4.24. The summed E-state index contributed by atoms with van der Waals surface area (Å²) in [6.07, 6.45) is 9.33. The van der Waals surface area contributed by atoms with E-state index < -0.39 is 0 Å². The minimum Gasteiger partial charge on any atom is -0.383 e. The normalized spacial score (nSPS) is 15.2. The first-order valence-electron chi connectivity index (χ1n) is 11.3. The van der Waals surface area contributed by atoms with Gasteiger partial charge < -0.3 is 16.0 Å². The van der Waals surface area contributed by atoms with Crippen LogP contribution in [0.4, 0.5) is 5.82 Å². The molecule has 0 saturated carbocycles. The van der Waals surface area contributed by atoms with Gasteiger partial charge in [-0.1, -0.05) is 12.1 Å². The summed E-state index contributed by atoms with van der Waals surface area (Å²) in [6.45, 7) is 1.01. The number of aromatic nitrogens is 4. The van der Waals surface area contributed by atoms with Crippen molar-refractivity contribution in [3.63, 3.8) is 0 Å². The Hall–Kier alpha value is -4.53. The van der Waals surface area contributed by atoms with Crippen LogP contribution >= 0.6 is 0 Å². The van der Waals surface area contributed by atoms with Crippen LogP contribution in [0.15, 0.2) is 73.4 Å². The number of rotatable bonds is 5. The average molecular weight is 468 g/mol. The topological polar surface area (TPSA) is 119 Å². The maximum absolute atomic E-state index is 13.0. The number of hydrogen-bond acceptors (Lipinski definition) is 6. The molecule has 0 spiro atoms. The number of anilines is 1. The summed E-state index contributed by atoms with van der Waals surface area (Å²) >= 11 is 0. The Bertz CT molecular complexity index is 1370. The van der Waals surface area contributed by atoms with E-state index in [0.29, 0.717) is 30.6 Å². The molecule has 1 aromatic carbocycles. The first kappa shape index (κ1) is 22.3. The predicted octanol–water partition coefficient (Wildman–Crippen LogP) is 2.77. The van der Waals surface area contributed by atoms with E-state index in [2.05, 4.69) is 20.4 Å². The number of carbonyl (C=O) groups is 2. The zero-order valence-electron chi connectivity index (χ0n) is 19.3. The van der Waals surface area contributed by atoms with E-state index >= 15 is 0 Å². The largest absolute Gasteiger partial charge is 0.383 e. The zero-order chi connectivity index (χ0) is 24.4. The van der Waals surface area contributed by atoms with E-state index in [9.17, 15) is 9.59 Å². The number of nitrogens with one attached hydrogen (secondary N) is 1. The highest BCUT2D eigenvalue weighted by Gasteiger charge is 2.29. The number of amides is 2. The van der Waals surface area contributed by atoms with Crippen molar-refractivity contribution in [3.05, 3.63) is 84.6 Å². The summed E-state index contributed by atoms with van der Waals surface area (Å²) in [5.74, 6) is -0.195. The zero-order valence-corrected chi connectivity index (χ0v) is 19.3. The van der Waals surface area contributed by atoms with Gasteiger partial charge in [-0.25, -0.2) is 4.98 Å². The van der Waals surface area contributed by atoms with Crippen LogP contribution in [-0.4, -0.2) is 55.6 Å². The molecular formula is C26H25N7O2. The van der Waals surface area contributed by atoms with Crippen molar-refractivity contribution in [1.82, 2.24) is 30.0 Å². The molecule has 2 amide bonds. The lowest BCUT2D eigenvalue weighted by atomic mass is 10.0. The number of hydrogen-bond donors (Lipinski definition) is 2. The third-order valence-corrected chi connectivity index (χ3v) is 6.16. The van der Waals surface area contributed by atoms with Crippen LogP contribution in [0.2, 0.25) is 0 Å². The molecule has 0 bridgehead atoms. The maximum Gasteiger partial charge on any atom is 0.255 e. The van der Waals surface area contributed by atoms with Gasteiger partial charge in [-0.05, 0) is 47.9 Å². The molecule has 0 radical (unpaired) electrons. The van der Waals surface area contributed by atoms with Crippen molar-refractivity contribution in [1.29, 1.82) is 0 Å². The lowest BCUT2D eigenvalue weighted by Gasteiger charge is -2.18. The van der Waals surface area contributed by atoms with Gasteiger partial charge in [-0.2, -0.15) is 5.10 Å². The maximum atomic E-state index is 13.0. The van der Waals surface area contributed by atoms with E-state index in [1.165, 1.54) is 0 Å². The monoisotopic (exact) mass is 467 g/mol. The molecule has 0 aliphatic carbocycles. The van der Waals surface area contributed by atoms with E-state index in [1.807, 2.05) is 49.6 Å². The van der Waals surface area contributed by atoms with Crippen LogP contribution in [0.5, 0.6) is 0 Å². The molecule has 3 N–H and O–H groups in total. The molecule has 176 valence electrons. The number of nitrogen functional groups attached to an aromatic ring is 1. The molecule has 9 heteroatoms. The first-order valence-corrected chi connectivity index (χ1v) is 11.3. The fourth-order valence-corrected chi connectivity index (χ4v) is 4.24. The highest BCUT2D eigenvalue weighted by Crippen LogP contribution is 2.23. The molecule has 4 heterocycles. The Kier molecular flexibility index (Phi) is 5.97. The Labute approximate surface area is 202 Å². The number of aryl methyl sites for hydroxylation is 1. The summed E-state index contributed by atoms with van der Waals surface area (Å²) in [6, 6.07) is 13.0. The highest BCUT2D eigenvalue weighted by atomic mass is 16.2. The Morgan fingerprint density at radius 3 is 2.46 bits per heavy atom. The number of benzene rings is 1. The van der Waals surface area contributed by atoms with Gasteiger partial charge in [0, 0.05) is 67.7 Å². The van der Waals surface area contributed by atoms with Crippen LogP contribution in [0, 0.1) is 0 Å². The van der Waals surface area contributed by atoms with Crippen molar-refractivity contribution >= 4 is 17.6 Å². The number of carbonyl (C=O) groups excluding carboxylic acids is 2. The molecule has 1 aliphatic rings. The van der Waals surface area contributed by atoms with Crippen LogP contribution in [0.3, 0.4) is 0 Å². The molecule has 35 heavy (non-hydrogen) atoms. The van der Waals surface area contributed by atoms with Gasteiger partial charge in [-0.15, -0.1) is 0 Å². The predicted molar refractivity (Wildman–Crippen MR) is 132 cm³/mol. The quantitative estimate of drug-likeness (QED) is 0.466. The standard InChI is InChI=1S/C26H25N7O2/c1-32-15-21(14-30-32)20-12-23(24(27)29-13-20)25(34)31-22-8-11-33(16-22)26(35)19-4-2-17(3-5-19)18-6-9-28-10-7-18/h2-7,9-10,12-15,22H,8,11,16H2,1H3,(H2,27,29)(H,31,34)/t22-/m1/s1. The van der Waals surface area contributed by atoms with Crippen molar-refractivity contribution < 1.29 is 9.59 Å². The summed E-state index contributed by atoms with van der Waals surface area (Å²) < 4.78 is 1.68. The van der Waals surface area contributed by atoms with Gasteiger partial charge in [0.15, 0.2) is 0 Å². The molecule has 1 saturated heterocycles. The SMILES string of the molecule is Cn1cc(-c2cnc(N)c(C(=O)N[C@@H]3CCN(C(=O)c4ccc(-c5ccncc5)cc4)C3)c2)cn1. The Morgan fingerprint density at radius 1 is 1.00 bits per heavy atom. The molecule has 3 aromatic heterocycles. The third-order valence-electron chi connectivity index (χ3n) is 6.16. The van der Waals surface area contributed by atoms with Crippen LogP contribution < -0.4 is 11.1 Å². The van der Waals surface area contributed by atoms with Crippen LogP contribution in [-0.2, 0) is 7.05 Å². The summed E-state index contributed by atoms with van der Waals surface area (Å²) in [4.78, 5) is 36.0. The number of nitrogens with zero attached hydrogens (tertiary/aromatic N) is 5. The van der Waals surface area contributed by atoms with Crippen LogP contribution in [0.25, 0.3) is 22.3 Å². The number of likely N-dealkylation sites (tertiary alicyclic amines) is 1. The second kappa shape index (κ2) is 9.38. The van der Waals surface area contributed by atoms with Gasteiger partial charge in [0.1, 0.15) is 5.82 Å². The van der Waals surface area contributed by atoms with Crippen molar-refractivity contribution in [3.8, 4) is 22.3 Å². The molecule has 0 unspecified atom stereocenters. The van der Waals surface area contributed by atoms with Gasteiger partial charge in [0.25, 0.3) is 11.8 Å². The van der Waals surface area contributed by atoms with E-state index in [0.717, 1.165) is 22.3 Å². The van der Waals surface area contributed by atoms with Gasteiger partial charge in [0.2, 0.25) is 0 Å². The smallest absolute Gasteiger partial charge is 0.255 e. The number of nitrogens with two attached hydrogens (primary N) is 1. The summed E-state index contributed by atoms with van der Waals surface area (Å²) in [5.41, 5.74) is 10.6. The molecular weight excluding hydrogens is 442 g/mol. The molecule has 1 fully saturated rings. The number of pyridine rings is 2. The Morgan fingerprint density at radius 2 is 1.74 bits per heavy atom. The average Bonchev–Trinajstić information content (AvgIpc) is 3.53. The van der Waals surface area contributed by atoms with Gasteiger partial charge in [0.05, 0.1) is 11.8 Å². The molecule has 5 rings (SSSR count). The van der Waals surface area contributed by atoms with Crippen molar-refractivity contribution in [2.24, 2.45) is 7.05 Å². The fraction of sp³-hybridized carbons (Fsp3) is 0.192. The van der Waals surface area contributed by atoms with E-state index in [1.54, 1.807) is 40.4 Å². The lowest BCUT2D eigenvalue weighted by Crippen LogP contribution is -2.38.